The summed E-state index contributed by atoms with van der Waals surface area (Å²) in [6, 6.07) is 3.77. The van der Waals surface area contributed by atoms with Gasteiger partial charge in [0.2, 0.25) is 0 Å². The molecule has 2 aromatic rings. The van der Waals surface area contributed by atoms with Crippen LogP contribution in [-0.4, -0.2) is 28.3 Å². The van der Waals surface area contributed by atoms with E-state index in [1.54, 1.807) is 13.3 Å². The van der Waals surface area contributed by atoms with Gasteiger partial charge in [0.1, 0.15) is 11.3 Å². The fraction of sp³-hybridized carbons (Fsp3) is 0.500. The van der Waals surface area contributed by atoms with Crippen LogP contribution < -0.4 is 5.73 Å². The molecule has 0 bridgehead atoms. The summed E-state index contributed by atoms with van der Waals surface area (Å²) in [5, 5.41) is 0. The number of aromatic nitrogens is 3. The Morgan fingerprint density at radius 2 is 2.35 bits per heavy atom. The van der Waals surface area contributed by atoms with Crippen molar-refractivity contribution in [2.24, 2.45) is 12.8 Å². The molecule has 5 nitrogen and oxygen atoms in total. The van der Waals surface area contributed by atoms with E-state index < -0.39 is 0 Å². The summed E-state index contributed by atoms with van der Waals surface area (Å²) in [6.45, 7) is 0.732. The number of pyridine rings is 1. The van der Waals surface area contributed by atoms with Crippen LogP contribution in [0.15, 0.2) is 18.3 Å². The van der Waals surface area contributed by atoms with Crippen LogP contribution in [0.5, 0.6) is 0 Å². The number of fused-ring (bicyclic) bond motifs is 1. The summed E-state index contributed by atoms with van der Waals surface area (Å²) < 4.78 is 6.99. The molecule has 92 valence electrons. The minimum atomic E-state index is -0.0654. The van der Waals surface area contributed by atoms with Gasteiger partial charge in [0, 0.05) is 27.0 Å². The van der Waals surface area contributed by atoms with Gasteiger partial charge in [-0.25, -0.2) is 9.97 Å². The lowest BCUT2D eigenvalue weighted by atomic mass is 10.1. The lowest BCUT2D eigenvalue weighted by Gasteiger charge is -2.10. The average molecular weight is 234 g/mol. The lowest BCUT2D eigenvalue weighted by Crippen LogP contribution is -2.16. The molecule has 1 atom stereocenters. The molecule has 0 amide bonds. The minimum Gasteiger partial charge on any atom is -0.385 e. The lowest BCUT2D eigenvalue weighted by molar-refractivity contribution is 0.190. The molecular weight excluding hydrogens is 216 g/mol. The van der Waals surface area contributed by atoms with Crippen LogP contribution in [0.2, 0.25) is 0 Å². The van der Waals surface area contributed by atoms with Crippen LogP contribution in [0.3, 0.4) is 0 Å². The third-order valence-electron chi connectivity index (χ3n) is 2.86. The van der Waals surface area contributed by atoms with Crippen molar-refractivity contribution < 1.29 is 4.74 Å². The molecule has 1 unspecified atom stereocenters. The molecule has 0 fully saturated rings. The summed E-state index contributed by atoms with van der Waals surface area (Å²) in [5.41, 5.74) is 7.91. The molecule has 0 spiro atoms. The maximum absolute atomic E-state index is 6.13. The largest absolute Gasteiger partial charge is 0.385 e. The van der Waals surface area contributed by atoms with Gasteiger partial charge in [0.05, 0.1) is 6.04 Å². The predicted octanol–water partition coefficient (Wildman–Crippen LogP) is 1.39. The Balaban J connectivity index is 2.20. The van der Waals surface area contributed by atoms with E-state index in [0.29, 0.717) is 0 Å². The first-order valence-corrected chi connectivity index (χ1v) is 5.76. The Labute approximate surface area is 101 Å². The maximum Gasteiger partial charge on any atom is 0.159 e. The molecule has 2 heterocycles. The molecule has 0 aliphatic heterocycles. The van der Waals surface area contributed by atoms with Crippen LogP contribution >= 0.6 is 0 Å². The first-order valence-electron chi connectivity index (χ1n) is 5.76. The Hall–Kier alpha value is -1.46. The van der Waals surface area contributed by atoms with Crippen LogP contribution in [-0.2, 0) is 11.8 Å². The number of hydrogen-bond donors (Lipinski definition) is 1. The van der Waals surface area contributed by atoms with Gasteiger partial charge in [0.15, 0.2) is 5.65 Å². The average Bonchev–Trinajstić information content (AvgIpc) is 2.68. The first-order chi connectivity index (χ1) is 8.24. The van der Waals surface area contributed by atoms with E-state index in [0.717, 1.165) is 36.4 Å². The second-order valence-electron chi connectivity index (χ2n) is 4.12. The van der Waals surface area contributed by atoms with Crippen molar-refractivity contribution in [2.45, 2.75) is 18.9 Å². The van der Waals surface area contributed by atoms with E-state index >= 15 is 0 Å². The monoisotopic (exact) mass is 234 g/mol. The number of imidazole rings is 1. The van der Waals surface area contributed by atoms with Gasteiger partial charge in [-0.3, -0.25) is 0 Å². The number of ether oxygens (including phenoxy) is 1. The standard InChI is InChI=1S/C12H18N4O/c1-16-11(9(13)5-4-8-17-2)15-10-6-3-7-14-12(10)16/h3,6-7,9H,4-5,8,13H2,1-2H3. The van der Waals surface area contributed by atoms with Crippen molar-refractivity contribution >= 4 is 11.2 Å². The predicted molar refractivity (Wildman–Crippen MR) is 66.5 cm³/mol. The number of rotatable bonds is 5. The summed E-state index contributed by atoms with van der Waals surface area (Å²) in [7, 11) is 3.65. The van der Waals surface area contributed by atoms with Crippen molar-refractivity contribution in [1.82, 2.24) is 14.5 Å². The highest BCUT2D eigenvalue weighted by atomic mass is 16.5. The Bertz CT molecular complexity index is 494. The molecule has 5 heteroatoms. The van der Waals surface area contributed by atoms with Gasteiger partial charge in [-0.1, -0.05) is 0 Å². The fourth-order valence-electron chi connectivity index (χ4n) is 1.95. The van der Waals surface area contributed by atoms with Gasteiger partial charge < -0.3 is 15.0 Å². The molecule has 2 rings (SSSR count). The summed E-state index contributed by atoms with van der Waals surface area (Å²) in [5.74, 6) is 0.884. The van der Waals surface area contributed by atoms with E-state index in [4.69, 9.17) is 10.5 Å². The van der Waals surface area contributed by atoms with E-state index in [9.17, 15) is 0 Å². The molecule has 0 aliphatic carbocycles. The van der Waals surface area contributed by atoms with Crippen molar-refractivity contribution in [2.75, 3.05) is 13.7 Å². The van der Waals surface area contributed by atoms with Crippen molar-refractivity contribution in [3.63, 3.8) is 0 Å². The normalized spacial score (nSPS) is 13.1. The minimum absolute atomic E-state index is 0.0654. The van der Waals surface area contributed by atoms with E-state index in [-0.39, 0.29) is 6.04 Å². The zero-order valence-electron chi connectivity index (χ0n) is 10.3. The topological polar surface area (TPSA) is 66.0 Å². The van der Waals surface area contributed by atoms with Gasteiger partial charge in [-0.05, 0) is 25.0 Å². The molecule has 0 saturated carbocycles. The van der Waals surface area contributed by atoms with Crippen molar-refractivity contribution in [3.05, 3.63) is 24.2 Å². The molecule has 2 aromatic heterocycles. The first kappa shape index (κ1) is 12.0. The maximum atomic E-state index is 6.13. The van der Waals surface area contributed by atoms with E-state index in [1.807, 2.05) is 23.7 Å². The fourth-order valence-corrected chi connectivity index (χ4v) is 1.95. The van der Waals surface area contributed by atoms with Gasteiger partial charge >= 0.3 is 0 Å². The molecular formula is C12H18N4O. The van der Waals surface area contributed by atoms with Crippen LogP contribution in [0.4, 0.5) is 0 Å². The summed E-state index contributed by atoms with van der Waals surface area (Å²) in [4.78, 5) is 8.83. The zero-order valence-corrected chi connectivity index (χ0v) is 10.3. The van der Waals surface area contributed by atoms with E-state index in [1.165, 1.54) is 0 Å². The molecule has 0 aliphatic rings. The summed E-state index contributed by atoms with van der Waals surface area (Å²) in [6.07, 6.45) is 3.57. The Kier molecular flexibility index (Phi) is 3.71. The zero-order chi connectivity index (χ0) is 12.3. The van der Waals surface area contributed by atoms with Crippen LogP contribution in [0.25, 0.3) is 11.2 Å². The summed E-state index contributed by atoms with van der Waals surface area (Å²) >= 11 is 0. The Morgan fingerprint density at radius 1 is 1.53 bits per heavy atom. The number of nitrogens with zero attached hydrogens (tertiary/aromatic N) is 3. The number of nitrogens with two attached hydrogens (primary N) is 1. The molecule has 17 heavy (non-hydrogen) atoms. The SMILES string of the molecule is COCCCC(N)c1nc2cccnc2n1C. The van der Waals surface area contributed by atoms with Crippen molar-refractivity contribution in [3.8, 4) is 0 Å². The number of hydrogen-bond acceptors (Lipinski definition) is 4. The molecule has 2 N–H and O–H groups in total. The quantitative estimate of drug-likeness (QED) is 0.794. The number of methoxy groups -OCH3 is 1. The van der Waals surface area contributed by atoms with E-state index in [2.05, 4.69) is 9.97 Å². The molecule has 0 aromatic carbocycles. The van der Waals surface area contributed by atoms with Crippen LogP contribution in [0, 0.1) is 0 Å². The Morgan fingerprint density at radius 3 is 3.06 bits per heavy atom. The number of aryl methyl sites for hydroxylation is 1. The van der Waals surface area contributed by atoms with Gasteiger partial charge in [0.25, 0.3) is 0 Å². The molecule has 0 radical (unpaired) electrons. The second kappa shape index (κ2) is 5.25. The van der Waals surface area contributed by atoms with Gasteiger partial charge in [-0.15, -0.1) is 0 Å². The highest BCUT2D eigenvalue weighted by molar-refractivity contribution is 5.71. The smallest absolute Gasteiger partial charge is 0.159 e. The third kappa shape index (κ3) is 2.45. The highest BCUT2D eigenvalue weighted by Crippen LogP contribution is 2.19. The van der Waals surface area contributed by atoms with Crippen molar-refractivity contribution in [1.29, 1.82) is 0 Å². The van der Waals surface area contributed by atoms with Crippen LogP contribution in [0.1, 0.15) is 24.7 Å². The third-order valence-corrected chi connectivity index (χ3v) is 2.86. The highest BCUT2D eigenvalue weighted by Gasteiger charge is 2.14. The molecule has 0 saturated heterocycles. The van der Waals surface area contributed by atoms with Gasteiger partial charge in [-0.2, -0.15) is 0 Å². The second-order valence-corrected chi connectivity index (χ2v) is 4.12.